The second-order valence-corrected chi connectivity index (χ2v) is 4.43. The number of amides is 1. The highest BCUT2D eigenvalue weighted by Gasteiger charge is 2.13. The number of aryl methyl sites for hydroxylation is 1. The van der Waals surface area contributed by atoms with Gasteiger partial charge >= 0.3 is 0 Å². The van der Waals surface area contributed by atoms with E-state index in [9.17, 15) is 9.90 Å². The lowest BCUT2D eigenvalue weighted by molar-refractivity contribution is 0.0912. The molecule has 0 fully saturated rings. The van der Waals surface area contributed by atoms with Crippen LogP contribution < -0.4 is 5.32 Å². The third-order valence-electron chi connectivity index (χ3n) is 2.60. The average molecular weight is 263 g/mol. The Hall–Kier alpha value is -1.79. The van der Waals surface area contributed by atoms with E-state index >= 15 is 0 Å². The van der Waals surface area contributed by atoms with Crippen LogP contribution in [0.4, 0.5) is 0 Å². The summed E-state index contributed by atoms with van der Waals surface area (Å²) in [4.78, 5) is 11.6. The van der Waals surface area contributed by atoms with Gasteiger partial charge in [-0.25, -0.2) is 0 Å². The van der Waals surface area contributed by atoms with Crippen molar-refractivity contribution in [3.05, 3.63) is 47.3 Å². The summed E-state index contributed by atoms with van der Waals surface area (Å²) in [5, 5.41) is 12.6. The molecular formula is C12H13N3O2S. The van der Waals surface area contributed by atoms with Gasteiger partial charge in [0.1, 0.15) is 0 Å². The van der Waals surface area contributed by atoms with Crippen LogP contribution in [0.3, 0.4) is 0 Å². The van der Waals surface area contributed by atoms with Crippen molar-refractivity contribution < 1.29 is 9.90 Å². The van der Waals surface area contributed by atoms with Crippen molar-refractivity contribution in [1.82, 2.24) is 14.1 Å². The first kappa shape index (κ1) is 12.7. The number of aliphatic hydroxyl groups is 1. The first-order valence-electron chi connectivity index (χ1n) is 5.48. The Morgan fingerprint density at radius 2 is 2.28 bits per heavy atom. The fourth-order valence-electron chi connectivity index (χ4n) is 1.62. The summed E-state index contributed by atoms with van der Waals surface area (Å²) in [7, 11) is 0. The molecule has 2 aromatic rings. The summed E-state index contributed by atoms with van der Waals surface area (Å²) < 4.78 is 7.57. The second-order valence-electron chi connectivity index (χ2n) is 3.88. The van der Waals surface area contributed by atoms with Crippen LogP contribution in [-0.4, -0.2) is 26.3 Å². The lowest BCUT2D eigenvalue weighted by Gasteiger charge is -2.13. The quantitative estimate of drug-likeness (QED) is 0.872. The van der Waals surface area contributed by atoms with E-state index in [1.54, 1.807) is 0 Å². The number of hydrogen-bond acceptors (Lipinski definition) is 5. The van der Waals surface area contributed by atoms with E-state index in [1.165, 1.54) is 6.20 Å². The number of benzene rings is 1. The number of rotatable bonds is 4. The Kier molecular flexibility index (Phi) is 4.01. The minimum Gasteiger partial charge on any atom is -0.387 e. The van der Waals surface area contributed by atoms with Crippen molar-refractivity contribution in [3.63, 3.8) is 0 Å². The molecule has 0 saturated heterocycles. The molecule has 0 bridgehead atoms. The minimum absolute atomic E-state index is 0.154. The highest BCUT2D eigenvalue weighted by atomic mass is 32.1. The van der Waals surface area contributed by atoms with Crippen LogP contribution in [0.1, 0.15) is 27.7 Å². The molecule has 1 atom stereocenters. The van der Waals surface area contributed by atoms with E-state index in [0.717, 1.165) is 22.9 Å². The SMILES string of the molecule is Cc1ccccc1C(O)CNC(=O)c1cnsn1. The molecule has 0 aliphatic carbocycles. The second kappa shape index (κ2) is 5.70. The zero-order chi connectivity index (χ0) is 13.0. The number of aromatic nitrogens is 2. The molecule has 2 N–H and O–H groups in total. The van der Waals surface area contributed by atoms with Crippen molar-refractivity contribution in [2.75, 3.05) is 6.54 Å². The normalized spacial score (nSPS) is 12.1. The lowest BCUT2D eigenvalue weighted by Crippen LogP contribution is -2.28. The maximum Gasteiger partial charge on any atom is 0.272 e. The molecular weight excluding hydrogens is 250 g/mol. The minimum atomic E-state index is -0.721. The molecule has 0 aliphatic rings. The van der Waals surface area contributed by atoms with Gasteiger partial charge in [0.05, 0.1) is 24.0 Å². The number of hydrogen-bond donors (Lipinski definition) is 2. The number of nitrogens with one attached hydrogen (secondary N) is 1. The zero-order valence-electron chi connectivity index (χ0n) is 9.83. The van der Waals surface area contributed by atoms with E-state index in [2.05, 4.69) is 14.1 Å². The highest BCUT2D eigenvalue weighted by Crippen LogP contribution is 2.16. The van der Waals surface area contributed by atoms with Gasteiger partial charge in [-0.15, -0.1) is 0 Å². The predicted octanol–water partition coefficient (Wildman–Crippen LogP) is 1.31. The van der Waals surface area contributed by atoms with Gasteiger partial charge in [0.2, 0.25) is 0 Å². The van der Waals surface area contributed by atoms with Gasteiger partial charge in [0, 0.05) is 6.54 Å². The lowest BCUT2D eigenvalue weighted by atomic mass is 10.0. The third kappa shape index (κ3) is 2.91. The van der Waals surface area contributed by atoms with Crippen molar-refractivity contribution in [2.24, 2.45) is 0 Å². The Balaban J connectivity index is 1.95. The van der Waals surface area contributed by atoms with Crippen LogP contribution >= 0.6 is 11.7 Å². The van der Waals surface area contributed by atoms with Gasteiger partial charge in [-0.05, 0) is 18.1 Å². The molecule has 0 spiro atoms. The summed E-state index contributed by atoms with van der Waals surface area (Å²) in [5.74, 6) is -0.323. The monoisotopic (exact) mass is 263 g/mol. The highest BCUT2D eigenvalue weighted by molar-refractivity contribution is 6.99. The molecule has 1 unspecified atom stereocenters. The first-order chi connectivity index (χ1) is 8.68. The van der Waals surface area contributed by atoms with Crippen LogP contribution in [-0.2, 0) is 0 Å². The standard InChI is InChI=1S/C12H13N3O2S/c1-8-4-2-3-5-9(8)11(16)7-13-12(17)10-6-14-18-15-10/h2-6,11,16H,7H2,1H3,(H,13,17). The van der Waals surface area contributed by atoms with E-state index in [-0.39, 0.29) is 18.1 Å². The van der Waals surface area contributed by atoms with Crippen LogP contribution in [0.2, 0.25) is 0 Å². The summed E-state index contributed by atoms with van der Waals surface area (Å²) >= 11 is 0.978. The van der Waals surface area contributed by atoms with E-state index in [4.69, 9.17) is 0 Å². The first-order valence-corrected chi connectivity index (χ1v) is 6.21. The Morgan fingerprint density at radius 1 is 1.50 bits per heavy atom. The van der Waals surface area contributed by atoms with Crippen LogP contribution in [0.15, 0.2) is 30.5 Å². The molecule has 1 aromatic carbocycles. The van der Waals surface area contributed by atoms with Gasteiger partial charge < -0.3 is 10.4 Å². The predicted molar refractivity (Wildman–Crippen MR) is 68.4 cm³/mol. The van der Waals surface area contributed by atoms with Gasteiger partial charge in [-0.3, -0.25) is 4.79 Å². The van der Waals surface area contributed by atoms with Crippen molar-refractivity contribution in [3.8, 4) is 0 Å². The molecule has 0 saturated carbocycles. The summed E-state index contributed by atoms with van der Waals surface area (Å²) in [6.07, 6.45) is 0.682. The summed E-state index contributed by atoms with van der Waals surface area (Å²) in [6.45, 7) is 2.08. The molecule has 2 rings (SSSR count). The Morgan fingerprint density at radius 3 is 2.94 bits per heavy atom. The van der Waals surface area contributed by atoms with Gasteiger partial charge in [-0.2, -0.15) is 8.75 Å². The molecule has 18 heavy (non-hydrogen) atoms. The smallest absolute Gasteiger partial charge is 0.272 e. The summed E-state index contributed by atoms with van der Waals surface area (Å²) in [5.41, 5.74) is 2.08. The molecule has 1 amide bonds. The maximum absolute atomic E-state index is 11.6. The van der Waals surface area contributed by atoms with Crippen molar-refractivity contribution >= 4 is 17.6 Å². The molecule has 0 aliphatic heterocycles. The number of carbonyl (C=O) groups is 1. The number of carbonyl (C=O) groups excluding carboxylic acids is 1. The van der Waals surface area contributed by atoms with E-state index in [1.807, 2.05) is 31.2 Å². The Bertz CT molecular complexity index is 528. The molecule has 1 aromatic heterocycles. The van der Waals surface area contributed by atoms with Crippen LogP contribution in [0.5, 0.6) is 0 Å². The fourth-order valence-corrected chi connectivity index (χ4v) is 2.03. The summed E-state index contributed by atoms with van der Waals surface area (Å²) in [6, 6.07) is 7.53. The van der Waals surface area contributed by atoms with Crippen LogP contribution in [0, 0.1) is 6.92 Å². The average Bonchev–Trinajstić information content (AvgIpc) is 2.90. The third-order valence-corrected chi connectivity index (χ3v) is 3.08. The van der Waals surface area contributed by atoms with E-state index < -0.39 is 6.10 Å². The van der Waals surface area contributed by atoms with Gasteiger partial charge in [-0.1, -0.05) is 24.3 Å². The molecule has 94 valence electrons. The molecule has 0 radical (unpaired) electrons. The number of nitrogens with zero attached hydrogens (tertiary/aromatic N) is 2. The van der Waals surface area contributed by atoms with E-state index in [0.29, 0.717) is 0 Å². The topological polar surface area (TPSA) is 75.1 Å². The van der Waals surface area contributed by atoms with Gasteiger partial charge in [0.15, 0.2) is 5.69 Å². The Labute approximate surface area is 109 Å². The maximum atomic E-state index is 11.6. The largest absolute Gasteiger partial charge is 0.387 e. The molecule has 1 heterocycles. The zero-order valence-corrected chi connectivity index (χ0v) is 10.6. The number of aliphatic hydroxyl groups excluding tert-OH is 1. The molecule has 6 heteroatoms. The molecule has 5 nitrogen and oxygen atoms in total. The van der Waals surface area contributed by atoms with Crippen LogP contribution in [0.25, 0.3) is 0 Å². The fraction of sp³-hybridized carbons (Fsp3) is 0.250. The van der Waals surface area contributed by atoms with Crippen molar-refractivity contribution in [1.29, 1.82) is 0 Å². The van der Waals surface area contributed by atoms with Gasteiger partial charge in [0.25, 0.3) is 5.91 Å². The van der Waals surface area contributed by atoms with Crippen molar-refractivity contribution in [2.45, 2.75) is 13.0 Å².